The molecule has 0 aromatic rings. The standard InChI is InChI=1S/C12H23NO2S/c1-11(2,3)9(13-15)7-16-8-10(14)12(4,5)6/h15H,7-8H2,1-6H3. The van der Waals surface area contributed by atoms with E-state index in [1.54, 1.807) is 0 Å². The second-order valence-electron chi connectivity index (χ2n) is 5.96. The number of nitrogens with zero attached hydrogens (tertiary/aromatic N) is 1. The summed E-state index contributed by atoms with van der Waals surface area (Å²) in [5.74, 6) is 1.30. The Kier molecular flexibility index (Phi) is 5.53. The number of carbonyl (C=O) groups excluding carboxylic acids is 1. The van der Waals surface area contributed by atoms with Crippen LogP contribution in [0.3, 0.4) is 0 Å². The Labute approximate surface area is 103 Å². The molecule has 0 saturated heterocycles. The van der Waals surface area contributed by atoms with E-state index in [9.17, 15) is 4.79 Å². The van der Waals surface area contributed by atoms with Crippen LogP contribution in [-0.2, 0) is 4.79 Å². The molecule has 4 heteroatoms. The van der Waals surface area contributed by atoms with Crippen molar-refractivity contribution in [3.8, 4) is 0 Å². The van der Waals surface area contributed by atoms with Gasteiger partial charge in [0.25, 0.3) is 0 Å². The second-order valence-corrected chi connectivity index (χ2v) is 6.95. The number of ketones is 1. The van der Waals surface area contributed by atoms with Crippen LogP contribution >= 0.6 is 11.8 Å². The van der Waals surface area contributed by atoms with Crippen LogP contribution in [0.4, 0.5) is 0 Å². The van der Waals surface area contributed by atoms with Gasteiger partial charge in [0.1, 0.15) is 5.78 Å². The van der Waals surface area contributed by atoms with Gasteiger partial charge in [0.15, 0.2) is 0 Å². The molecule has 0 bridgehead atoms. The molecule has 0 amide bonds. The molecule has 0 fully saturated rings. The Morgan fingerprint density at radius 3 is 1.88 bits per heavy atom. The van der Waals surface area contributed by atoms with Crippen LogP contribution in [0.2, 0.25) is 0 Å². The van der Waals surface area contributed by atoms with Crippen molar-refractivity contribution in [3.63, 3.8) is 0 Å². The van der Waals surface area contributed by atoms with Gasteiger partial charge in [0.05, 0.1) is 11.5 Å². The molecular formula is C12H23NO2S. The smallest absolute Gasteiger partial charge is 0.148 e. The lowest BCUT2D eigenvalue weighted by Crippen LogP contribution is -2.25. The first-order valence-corrected chi connectivity index (χ1v) is 6.57. The van der Waals surface area contributed by atoms with Gasteiger partial charge in [-0.2, -0.15) is 0 Å². The molecule has 0 aromatic carbocycles. The third-order valence-electron chi connectivity index (χ3n) is 2.29. The quantitative estimate of drug-likeness (QED) is 0.470. The van der Waals surface area contributed by atoms with E-state index in [0.717, 1.165) is 5.71 Å². The van der Waals surface area contributed by atoms with Gasteiger partial charge in [0.2, 0.25) is 0 Å². The molecule has 0 aliphatic carbocycles. The largest absolute Gasteiger partial charge is 0.411 e. The third kappa shape index (κ3) is 5.54. The summed E-state index contributed by atoms with van der Waals surface area (Å²) in [6.45, 7) is 11.7. The Morgan fingerprint density at radius 1 is 1.06 bits per heavy atom. The molecule has 0 aliphatic heterocycles. The van der Waals surface area contributed by atoms with Gasteiger partial charge in [-0.05, 0) is 0 Å². The summed E-state index contributed by atoms with van der Waals surface area (Å²) in [6, 6.07) is 0. The molecule has 0 saturated carbocycles. The molecule has 3 nitrogen and oxygen atoms in total. The molecule has 16 heavy (non-hydrogen) atoms. The summed E-state index contributed by atoms with van der Waals surface area (Å²) in [7, 11) is 0. The first-order valence-electron chi connectivity index (χ1n) is 5.41. The minimum atomic E-state index is -0.286. The van der Waals surface area contributed by atoms with Crippen molar-refractivity contribution in [2.45, 2.75) is 41.5 Å². The van der Waals surface area contributed by atoms with E-state index in [1.165, 1.54) is 11.8 Å². The predicted molar refractivity (Wildman–Crippen MR) is 70.5 cm³/mol. The maximum absolute atomic E-state index is 11.7. The summed E-state index contributed by atoms with van der Waals surface area (Å²) in [5.41, 5.74) is 0.289. The highest BCUT2D eigenvalue weighted by atomic mass is 32.2. The zero-order chi connectivity index (χ0) is 13.0. The highest BCUT2D eigenvalue weighted by Gasteiger charge is 2.23. The van der Waals surface area contributed by atoms with E-state index < -0.39 is 0 Å². The number of oxime groups is 1. The fraction of sp³-hybridized carbons (Fsp3) is 0.833. The summed E-state index contributed by atoms with van der Waals surface area (Å²) >= 11 is 1.51. The Hall–Kier alpha value is -0.510. The van der Waals surface area contributed by atoms with Crippen LogP contribution < -0.4 is 0 Å². The minimum Gasteiger partial charge on any atom is -0.411 e. The maximum Gasteiger partial charge on any atom is 0.148 e. The summed E-state index contributed by atoms with van der Waals surface area (Å²) in [5, 5.41) is 12.2. The molecule has 0 radical (unpaired) electrons. The monoisotopic (exact) mass is 245 g/mol. The first-order chi connectivity index (χ1) is 7.09. The summed E-state index contributed by atoms with van der Waals surface area (Å²) < 4.78 is 0. The normalized spacial score (nSPS) is 14.0. The van der Waals surface area contributed by atoms with Crippen molar-refractivity contribution in [3.05, 3.63) is 0 Å². The van der Waals surface area contributed by atoms with E-state index >= 15 is 0 Å². The van der Waals surface area contributed by atoms with Gasteiger partial charge in [0, 0.05) is 16.6 Å². The van der Waals surface area contributed by atoms with Crippen molar-refractivity contribution in [1.29, 1.82) is 0 Å². The Morgan fingerprint density at radius 2 is 1.56 bits per heavy atom. The summed E-state index contributed by atoms with van der Waals surface area (Å²) in [6.07, 6.45) is 0. The lowest BCUT2D eigenvalue weighted by atomic mass is 9.91. The number of hydrogen-bond donors (Lipinski definition) is 1. The van der Waals surface area contributed by atoms with Gasteiger partial charge in [-0.1, -0.05) is 46.7 Å². The van der Waals surface area contributed by atoms with Crippen molar-refractivity contribution >= 4 is 23.3 Å². The van der Waals surface area contributed by atoms with E-state index in [2.05, 4.69) is 5.16 Å². The average Bonchev–Trinajstić information content (AvgIpc) is 2.08. The van der Waals surface area contributed by atoms with Crippen LogP contribution in [0.15, 0.2) is 5.16 Å². The number of hydrogen-bond acceptors (Lipinski definition) is 4. The molecule has 0 atom stereocenters. The van der Waals surface area contributed by atoms with E-state index in [0.29, 0.717) is 11.5 Å². The van der Waals surface area contributed by atoms with Crippen LogP contribution in [0.1, 0.15) is 41.5 Å². The lowest BCUT2D eigenvalue weighted by Gasteiger charge is -2.20. The molecule has 0 aromatic heterocycles. The van der Waals surface area contributed by atoms with Crippen LogP contribution in [0.5, 0.6) is 0 Å². The van der Waals surface area contributed by atoms with Crippen molar-refractivity contribution in [1.82, 2.24) is 0 Å². The molecule has 0 unspecified atom stereocenters. The fourth-order valence-corrected chi connectivity index (χ4v) is 2.26. The van der Waals surface area contributed by atoms with Crippen LogP contribution in [-0.4, -0.2) is 28.2 Å². The molecule has 1 N–H and O–H groups in total. The second kappa shape index (κ2) is 5.71. The van der Waals surface area contributed by atoms with Gasteiger partial charge >= 0.3 is 0 Å². The Balaban J connectivity index is 4.14. The average molecular weight is 245 g/mol. The molecule has 0 rings (SSSR count). The molecular weight excluding hydrogens is 222 g/mol. The SMILES string of the molecule is CC(C)(C)C(=O)CSCC(=NO)C(C)(C)C. The number of carbonyl (C=O) groups is 1. The highest BCUT2D eigenvalue weighted by molar-refractivity contribution is 8.00. The summed E-state index contributed by atoms with van der Waals surface area (Å²) in [4.78, 5) is 11.7. The number of thioether (sulfide) groups is 1. The van der Waals surface area contributed by atoms with Gasteiger partial charge in [-0.3, -0.25) is 4.79 Å². The van der Waals surface area contributed by atoms with Crippen LogP contribution in [0.25, 0.3) is 0 Å². The van der Waals surface area contributed by atoms with Crippen LogP contribution in [0, 0.1) is 10.8 Å². The first kappa shape index (κ1) is 15.5. The third-order valence-corrected chi connectivity index (χ3v) is 3.24. The molecule has 94 valence electrons. The van der Waals surface area contributed by atoms with E-state index in [-0.39, 0.29) is 16.6 Å². The van der Waals surface area contributed by atoms with E-state index in [4.69, 9.17) is 5.21 Å². The molecule has 0 aliphatic rings. The zero-order valence-corrected chi connectivity index (χ0v) is 11.9. The number of rotatable bonds is 4. The van der Waals surface area contributed by atoms with Crippen molar-refractivity contribution < 1.29 is 10.0 Å². The van der Waals surface area contributed by atoms with E-state index in [1.807, 2.05) is 41.5 Å². The molecule has 0 heterocycles. The van der Waals surface area contributed by atoms with Gasteiger partial charge in [-0.15, -0.1) is 11.8 Å². The maximum atomic E-state index is 11.7. The van der Waals surface area contributed by atoms with Gasteiger partial charge < -0.3 is 5.21 Å². The lowest BCUT2D eigenvalue weighted by molar-refractivity contribution is -0.123. The van der Waals surface area contributed by atoms with Gasteiger partial charge in [-0.25, -0.2) is 0 Å². The minimum absolute atomic E-state index is 0.146. The molecule has 0 spiro atoms. The zero-order valence-electron chi connectivity index (χ0n) is 11.1. The number of Topliss-reactive ketones (excluding diaryl/α,β-unsaturated/α-hetero) is 1. The van der Waals surface area contributed by atoms with Crippen molar-refractivity contribution in [2.75, 3.05) is 11.5 Å². The topological polar surface area (TPSA) is 49.7 Å². The fourth-order valence-electron chi connectivity index (χ4n) is 0.852. The highest BCUT2D eigenvalue weighted by Crippen LogP contribution is 2.22. The Bertz CT molecular complexity index is 272. The van der Waals surface area contributed by atoms with Crippen molar-refractivity contribution in [2.24, 2.45) is 16.0 Å². The predicted octanol–water partition coefficient (Wildman–Crippen LogP) is 3.21.